The second kappa shape index (κ2) is 5.59. The van der Waals surface area contributed by atoms with E-state index < -0.39 is 0 Å². The smallest absolute Gasteiger partial charge is 0.142 e. The van der Waals surface area contributed by atoms with Crippen molar-refractivity contribution in [1.82, 2.24) is 4.90 Å². The molecule has 0 bridgehead atoms. The zero-order valence-corrected chi connectivity index (χ0v) is 12.2. The molecule has 0 aliphatic carbocycles. The molecule has 3 rings (SSSR count). The Balaban J connectivity index is 1.80. The van der Waals surface area contributed by atoms with Crippen LogP contribution in [0.1, 0.15) is 19.3 Å². The summed E-state index contributed by atoms with van der Waals surface area (Å²) in [6.45, 7) is 4.58. The summed E-state index contributed by atoms with van der Waals surface area (Å²) in [4.78, 5) is 5.06. The third-order valence-electron chi connectivity index (χ3n) is 4.32. The molecule has 0 radical (unpaired) electrons. The standard InChI is InChI=1S/C15H21ClN2O/c1-19-15-6-5-12(16)10-14(15)18-9-8-17-7-3-2-4-13(17)11-18/h5-6,10,13H,2-4,7-9,11H2,1H3. The molecule has 1 aromatic carbocycles. The van der Waals surface area contributed by atoms with Crippen LogP contribution in [0.4, 0.5) is 5.69 Å². The molecule has 104 valence electrons. The van der Waals surface area contributed by atoms with Crippen LogP contribution in [0.5, 0.6) is 5.75 Å². The van der Waals surface area contributed by atoms with Crippen LogP contribution >= 0.6 is 11.6 Å². The van der Waals surface area contributed by atoms with Gasteiger partial charge in [0.05, 0.1) is 12.8 Å². The molecule has 0 aromatic heterocycles. The van der Waals surface area contributed by atoms with Crippen molar-refractivity contribution in [2.24, 2.45) is 0 Å². The third-order valence-corrected chi connectivity index (χ3v) is 4.55. The van der Waals surface area contributed by atoms with E-state index in [4.69, 9.17) is 16.3 Å². The van der Waals surface area contributed by atoms with Gasteiger partial charge in [-0.1, -0.05) is 18.0 Å². The van der Waals surface area contributed by atoms with Gasteiger partial charge in [-0.25, -0.2) is 0 Å². The van der Waals surface area contributed by atoms with Gasteiger partial charge in [0, 0.05) is 30.7 Å². The summed E-state index contributed by atoms with van der Waals surface area (Å²) >= 11 is 6.14. The van der Waals surface area contributed by atoms with Crippen molar-refractivity contribution in [1.29, 1.82) is 0 Å². The molecule has 0 N–H and O–H groups in total. The monoisotopic (exact) mass is 280 g/mol. The van der Waals surface area contributed by atoms with E-state index in [0.29, 0.717) is 6.04 Å². The molecule has 2 fully saturated rings. The minimum atomic E-state index is 0.700. The maximum Gasteiger partial charge on any atom is 0.142 e. The van der Waals surface area contributed by atoms with Gasteiger partial charge in [-0.2, -0.15) is 0 Å². The van der Waals surface area contributed by atoms with Gasteiger partial charge in [0.2, 0.25) is 0 Å². The summed E-state index contributed by atoms with van der Waals surface area (Å²) in [5, 5.41) is 0.780. The lowest BCUT2D eigenvalue weighted by molar-refractivity contribution is 0.133. The first-order valence-electron chi connectivity index (χ1n) is 7.10. The highest BCUT2D eigenvalue weighted by Crippen LogP contribution is 2.33. The normalized spacial score (nSPS) is 24.1. The SMILES string of the molecule is COc1ccc(Cl)cc1N1CCN2CCCCC2C1. The quantitative estimate of drug-likeness (QED) is 0.828. The number of hydrogen-bond donors (Lipinski definition) is 0. The van der Waals surface area contributed by atoms with Gasteiger partial charge in [-0.15, -0.1) is 0 Å². The van der Waals surface area contributed by atoms with E-state index in [1.54, 1.807) is 7.11 Å². The predicted octanol–water partition coefficient (Wildman–Crippen LogP) is 3.02. The molecule has 1 unspecified atom stereocenters. The van der Waals surface area contributed by atoms with Gasteiger partial charge in [-0.05, 0) is 37.6 Å². The number of methoxy groups -OCH3 is 1. The van der Waals surface area contributed by atoms with Crippen LogP contribution in [0.3, 0.4) is 0 Å². The number of halogens is 1. The summed E-state index contributed by atoms with van der Waals surface area (Å²) in [6, 6.07) is 6.58. The first-order valence-corrected chi connectivity index (χ1v) is 7.48. The van der Waals surface area contributed by atoms with Crippen molar-refractivity contribution in [2.75, 3.05) is 38.2 Å². The molecular formula is C15H21ClN2O. The number of piperazine rings is 1. The van der Waals surface area contributed by atoms with Crippen LogP contribution in [-0.4, -0.2) is 44.2 Å². The highest BCUT2D eigenvalue weighted by molar-refractivity contribution is 6.30. The molecule has 0 spiro atoms. The van der Waals surface area contributed by atoms with Crippen LogP contribution in [0.2, 0.25) is 5.02 Å². The molecule has 0 saturated carbocycles. The minimum Gasteiger partial charge on any atom is -0.495 e. The Morgan fingerprint density at radius 2 is 2.11 bits per heavy atom. The van der Waals surface area contributed by atoms with Crippen LogP contribution in [0, 0.1) is 0 Å². The topological polar surface area (TPSA) is 15.7 Å². The zero-order valence-electron chi connectivity index (χ0n) is 11.4. The Bertz CT molecular complexity index is 452. The molecule has 2 aliphatic rings. The maximum atomic E-state index is 6.14. The Hall–Kier alpha value is -0.930. The first kappa shape index (κ1) is 13.1. The summed E-state index contributed by atoms with van der Waals surface area (Å²) in [5.41, 5.74) is 1.14. The summed E-state index contributed by atoms with van der Waals surface area (Å²) in [7, 11) is 1.73. The molecule has 3 nitrogen and oxygen atoms in total. The van der Waals surface area contributed by atoms with E-state index in [-0.39, 0.29) is 0 Å². The van der Waals surface area contributed by atoms with E-state index in [1.165, 1.54) is 25.8 Å². The number of fused-ring (bicyclic) bond motifs is 1. The van der Waals surface area contributed by atoms with Crippen molar-refractivity contribution in [3.05, 3.63) is 23.2 Å². The van der Waals surface area contributed by atoms with Gasteiger partial charge < -0.3 is 9.64 Å². The highest BCUT2D eigenvalue weighted by atomic mass is 35.5. The Labute approximate surface area is 120 Å². The average molecular weight is 281 g/mol. The number of nitrogens with zero attached hydrogens (tertiary/aromatic N) is 2. The number of anilines is 1. The van der Waals surface area contributed by atoms with Crippen LogP contribution in [-0.2, 0) is 0 Å². The van der Waals surface area contributed by atoms with Gasteiger partial charge >= 0.3 is 0 Å². The Kier molecular flexibility index (Phi) is 3.85. The van der Waals surface area contributed by atoms with Crippen molar-refractivity contribution in [2.45, 2.75) is 25.3 Å². The van der Waals surface area contributed by atoms with Crippen molar-refractivity contribution in [3.8, 4) is 5.75 Å². The van der Waals surface area contributed by atoms with Gasteiger partial charge in [-0.3, -0.25) is 4.90 Å². The van der Waals surface area contributed by atoms with Crippen molar-refractivity contribution < 1.29 is 4.74 Å². The lowest BCUT2D eigenvalue weighted by Crippen LogP contribution is -2.54. The largest absolute Gasteiger partial charge is 0.495 e. The minimum absolute atomic E-state index is 0.700. The summed E-state index contributed by atoms with van der Waals surface area (Å²) < 4.78 is 5.48. The number of benzene rings is 1. The number of piperidine rings is 1. The molecule has 1 aromatic rings. The van der Waals surface area contributed by atoms with E-state index in [9.17, 15) is 0 Å². The molecule has 4 heteroatoms. The summed E-state index contributed by atoms with van der Waals surface area (Å²) in [6.07, 6.45) is 4.04. The van der Waals surface area contributed by atoms with E-state index in [2.05, 4.69) is 9.80 Å². The average Bonchev–Trinajstić information content (AvgIpc) is 2.46. The molecule has 0 amide bonds. The van der Waals surface area contributed by atoms with E-state index >= 15 is 0 Å². The van der Waals surface area contributed by atoms with Crippen LogP contribution in [0.15, 0.2) is 18.2 Å². The fourth-order valence-corrected chi connectivity index (χ4v) is 3.45. The highest BCUT2D eigenvalue weighted by Gasteiger charge is 2.29. The molecular weight excluding hydrogens is 260 g/mol. The fraction of sp³-hybridized carbons (Fsp3) is 0.600. The maximum absolute atomic E-state index is 6.14. The Morgan fingerprint density at radius 1 is 1.21 bits per heavy atom. The molecule has 1 atom stereocenters. The fourth-order valence-electron chi connectivity index (χ4n) is 3.29. The second-order valence-electron chi connectivity index (χ2n) is 5.45. The molecule has 19 heavy (non-hydrogen) atoms. The third kappa shape index (κ3) is 2.67. The van der Waals surface area contributed by atoms with Gasteiger partial charge in [0.1, 0.15) is 5.75 Å². The lowest BCUT2D eigenvalue weighted by atomic mass is 9.99. The summed E-state index contributed by atoms with van der Waals surface area (Å²) in [5.74, 6) is 0.925. The number of hydrogen-bond acceptors (Lipinski definition) is 3. The van der Waals surface area contributed by atoms with Crippen molar-refractivity contribution >= 4 is 17.3 Å². The zero-order chi connectivity index (χ0) is 13.2. The first-order chi connectivity index (χ1) is 9.28. The molecule has 2 aliphatic heterocycles. The number of ether oxygens (including phenoxy) is 1. The van der Waals surface area contributed by atoms with Gasteiger partial charge in [0.15, 0.2) is 0 Å². The van der Waals surface area contributed by atoms with E-state index in [0.717, 1.165) is 36.1 Å². The number of rotatable bonds is 2. The van der Waals surface area contributed by atoms with Crippen LogP contribution < -0.4 is 9.64 Å². The molecule has 2 heterocycles. The van der Waals surface area contributed by atoms with E-state index in [1.807, 2.05) is 18.2 Å². The lowest BCUT2D eigenvalue weighted by Gasteiger charge is -2.45. The van der Waals surface area contributed by atoms with Crippen molar-refractivity contribution in [3.63, 3.8) is 0 Å². The molecule has 2 saturated heterocycles. The second-order valence-corrected chi connectivity index (χ2v) is 5.88. The van der Waals surface area contributed by atoms with Gasteiger partial charge in [0.25, 0.3) is 0 Å². The Morgan fingerprint density at radius 3 is 2.95 bits per heavy atom. The predicted molar refractivity (Wildman–Crippen MR) is 79.4 cm³/mol. The van der Waals surface area contributed by atoms with Crippen LogP contribution in [0.25, 0.3) is 0 Å².